The van der Waals surface area contributed by atoms with Crippen molar-refractivity contribution in [1.29, 1.82) is 0 Å². The number of nitrogens with zero attached hydrogens (tertiary/aromatic N) is 1. The van der Waals surface area contributed by atoms with Gasteiger partial charge in [-0.3, -0.25) is 4.90 Å². The Balaban J connectivity index is 2.00. The molecule has 0 spiro atoms. The molecule has 112 valence electrons. The topological polar surface area (TPSA) is 15.3 Å². The number of likely N-dealkylation sites (N-methyl/N-ethyl adjacent to an activating group) is 1. The Morgan fingerprint density at radius 2 is 1.95 bits per heavy atom. The lowest BCUT2D eigenvalue weighted by Crippen LogP contribution is -2.54. The van der Waals surface area contributed by atoms with Gasteiger partial charge in [-0.1, -0.05) is 27.2 Å². The molecule has 1 saturated heterocycles. The van der Waals surface area contributed by atoms with E-state index in [1.54, 1.807) is 0 Å². The third-order valence-corrected chi connectivity index (χ3v) is 5.66. The monoisotopic (exact) mass is 266 g/mol. The molecule has 2 rings (SSSR count). The van der Waals surface area contributed by atoms with E-state index in [2.05, 4.69) is 38.0 Å². The molecule has 1 N–H and O–H groups in total. The van der Waals surface area contributed by atoms with Crippen LogP contribution in [0, 0.1) is 11.3 Å². The van der Waals surface area contributed by atoms with Gasteiger partial charge in [0, 0.05) is 12.1 Å². The fraction of sp³-hybridized carbons (Fsp3) is 1.00. The van der Waals surface area contributed by atoms with Crippen molar-refractivity contribution in [3.63, 3.8) is 0 Å². The molecule has 3 unspecified atom stereocenters. The van der Waals surface area contributed by atoms with Gasteiger partial charge in [0.15, 0.2) is 0 Å². The van der Waals surface area contributed by atoms with Crippen LogP contribution in [0.25, 0.3) is 0 Å². The van der Waals surface area contributed by atoms with Crippen LogP contribution in [-0.2, 0) is 0 Å². The number of nitrogens with one attached hydrogen (secondary N) is 1. The van der Waals surface area contributed by atoms with Crippen molar-refractivity contribution in [2.24, 2.45) is 11.3 Å². The van der Waals surface area contributed by atoms with E-state index in [-0.39, 0.29) is 0 Å². The second-order valence-electron chi connectivity index (χ2n) is 7.61. The van der Waals surface area contributed by atoms with Gasteiger partial charge in [-0.25, -0.2) is 0 Å². The van der Waals surface area contributed by atoms with Crippen molar-refractivity contribution in [1.82, 2.24) is 10.2 Å². The molecule has 2 fully saturated rings. The number of rotatable bonds is 3. The van der Waals surface area contributed by atoms with E-state index in [9.17, 15) is 0 Å². The van der Waals surface area contributed by atoms with Crippen molar-refractivity contribution in [2.45, 2.75) is 77.8 Å². The summed E-state index contributed by atoms with van der Waals surface area (Å²) >= 11 is 0. The molecule has 1 heterocycles. The smallest absolute Gasteiger partial charge is 0.0254 e. The third-order valence-electron chi connectivity index (χ3n) is 5.66. The van der Waals surface area contributed by atoms with Gasteiger partial charge in [0.05, 0.1) is 0 Å². The maximum atomic E-state index is 3.59. The zero-order valence-electron chi connectivity index (χ0n) is 13.5. The molecule has 1 aliphatic heterocycles. The number of hydrogen-bond acceptors (Lipinski definition) is 2. The minimum absolute atomic E-state index is 0.536. The quantitative estimate of drug-likeness (QED) is 0.838. The zero-order chi connectivity index (χ0) is 13.9. The van der Waals surface area contributed by atoms with Crippen LogP contribution in [0.15, 0.2) is 0 Å². The molecule has 0 radical (unpaired) electrons. The van der Waals surface area contributed by atoms with E-state index in [4.69, 9.17) is 0 Å². The van der Waals surface area contributed by atoms with E-state index < -0.39 is 0 Å². The Kier molecular flexibility index (Phi) is 5.30. The fourth-order valence-electron chi connectivity index (χ4n) is 4.20. The van der Waals surface area contributed by atoms with Crippen LogP contribution in [0.2, 0.25) is 0 Å². The highest BCUT2D eigenvalue weighted by atomic mass is 15.2. The van der Waals surface area contributed by atoms with Crippen LogP contribution in [-0.4, -0.2) is 37.1 Å². The maximum Gasteiger partial charge on any atom is 0.0254 e. The molecular weight excluding hydrogens is 232 g/mol. The summed E-state index contributed by atoms with van der Waals surface area (Å²) in [5.41, 5.74) is 0.536. The average Bonchev–Trinajstić information content (AvgIpc) is 2.63. The predicted molar refractivity (Wildman–Crippen MR) is 83.5 cm³/mol. The molecule has 1 saturated carbocycles. The normalized spacial score (nSPS) is 36.9. The molecule has 2 aliphatic rings. The van der Waals surface area contributed by atoms with Crippen molar-refractivity contribution < 1.29 is 0 Å². The number of likely N-dealkylation sites (tertiary alicyclic amines) is 1. The van der Waals surface area contributed by atoms with Gasteiger partial charge in [-0.05, 0) is 70.0 Å². The standard InChI is InChI=1S/C17H34N2/c1-5-14-7-6-11-19(12-9-14)16-13-17(2,3)10-8-15(16)18-4/h14-16,18H,5-13H2,1-4H3. The second kappa shape index (κ2) is 6.58. The summed E-state index contributed by atoms with van der Waals surface area (Å²) in [5.74, 6) is 0.981. The first-order valence-electron chi connectivity index (χ1n) is 8.47. The molecule has 0 amide bonds. The lowest BCUT2D eigenvalue weighted by atomic mass is 9.72. The first-order valence-corrected chi connectivity index (χ1v) is 8.47. The Labute approximate surface area is 120 Å². The molecule has 0 aromatic rings. The van der Waals surface area contributed by atoms with Crippen LogP contribution >= 0.6 is 0 Å². The molecule has 3 atom stereocenters. The molecule has 0 aromatic heterocycles. The van der Waals surface area contributed by atoms with E-state index in [0.29, 0.717) is 11.5 Å². The van der Waals surface area contributed by atoms with Gasteiger partial charge in [-0.2, -0.15) is 0 Å². The number of hydrogen-bond donors (Lipinski definition) is 1. The fourth-order valence-corrected chi connectivity index (χ4v) is 4.20. The van der Waals surface area contributed by atoms with Crippen LogP contribution in [0.4, 0.5) is 0 Å². The second-order valence-corrected chi connectivity index (χ2v) is 7.61. The highest BCUT2D eigenvalue weighted by Gasteiger charge is 2.37. The van der Waals surface area contributed by atoms with Gasteiger partial charge >= 0.3 is 0 Å². The molecule has 2 heteroatoms. The molecule has 0 bridgehead atoms. The summed E-state index contributed by atoms with van der Waals surface area (Å²) in [6, 6.07) is 1.48. The van der Waals surface area contributed by atoms with E-state index in [1.807, 2.05) is 0 Å². The summed E-state index contributed by atoms with van der Waals surface area (Å²) in [6.45, 7) is 9.93. The summed E-state index contributed by atoms with van der Waals surface area (Å²) in [4.78, 5) is 2.82. The maximum absolute atomic E-state index is 3.59. The summed E-state index contributed by atoms with van der Waals surface area (Å²) in [5, 5.41) is 3.59. The highest BCUT2D eigenvalue weighted by molar-refractivity contribution is 4.94. The summed E-state index contributed by atoms with van der Waals surface area (Å²) in [7, 11) is 2.16. The van der Waals surface area contributed by atoms with Crippen molar-refractivity contribution in [3.8, 4) is 0 Å². The average molecular weight is 266 g/mol. The Bertz CT molecular complexity index is 274. The van der Waals surface area contributed by atoms with Crippen molar-refractivity contribution >= 4 is 0 Å². The van der Waals surface area contributed by atoms with Crippen LogP contribution in [0.1, 0.15) is 65.7 Å². The highest BCUT2D eigenvalue weighted by Crippen LogP contribution is 2.38. The van der Waals surface area contributed by atoms with Crippen LogP contribution in [0.3, 0.4) is 0 Å². The lowest BCUT2D eigenvalue weighted by molar-refractivity contribution is 0.0689. The largest absolute Gasteiger partial charge is 0.315 e. The first kappa shape index (κ1) is 15.3. The molecule has 19 heavy (non-hydrogen) atoms. The lowest BCUT2D eigenvalue weighted by Gasteiger charge is -2.46. The molecule has 2 nitrogen and oxygen atoms in total. The van der Waals surface area contributed by atoms with Crippen LogP contribution < -0.4 is 5.32 Å². The van der Waals surface area contributed by atoms with Gasteiger partial charge in [0.25, 0.3) is 0 Å². The van der Waals surface area contributed by atoms with Gasteiger partial charge < -0.3 is 5.32 Å². The van der Waals surface area contributed by atoms with Crippen molar-refractivity contribution in [3.05, 3.63) is 0 Å². The predicted octanol–water partition coefficient (Wildman–Crippen LogP) is 3.67. The van der Waals surface area contributed by atoms with Crippen molar-refractivity contribution in [2.75, 3.05) is 20.1 Å². The molecule has 1 aliphatic carbocycles. The minimum atomic E-state index is 0.536. The van der Waals surface area contributed by atoms with Crippen LogP contribution in [0.5, 0.6) is 0 Å². The van der Waals surface area contributed by atoms with E-state index >= 15 is 0 Å². The summed E-state index contributed by atoms with van der Waals surface area (Å²) < 4.78 is 0. The molecule has 0 aromatic carbocycles. The zero-order valence-corrected chi connectivity index (χ0v) is 13.5. The van der Waals surface area contributed by atoms with Gasteiger partial charge in [0.2, 0.25) is 0 Å². The van der Waals surface area contributed by atoms with Gasteiger partial charge in [-0.15, -0.1) is 0 Å². The Morgan fingerprint density at radius 1 is 1.16 bits per heavy atom. The first-order chi connectivity index (χ1) is 9.05. The summed E-state index contributed by atoms with van der Waals surface area (Å²) in [6.07, 6.45) is 9.75. The molecular formula is C17H34N2. The van der Waals surface area contributed by atoms with E-state index in [1.165, 1.54) is 58.0 Å². The van der Waals surface area contributed by atoms with E-state index in [0.717, 1.165) is 12.0 Å². The van der Waals surface area contributed by atoms with Gasteiger partial charge in [0.1, 0.15) is 0 Å². The minimum Gasteiger partial charge on any atom is -0.315 e. The Morgan fingerprint density at radius 3 is 2.63 bits per heavy atom. The SMILES string of the molecule is CCC1CCCN(C2CC(C)(C)CCC2NC)CC1. The third kappa shape index (κ3) is 3.95. The Hall–Kier alpha value is -0.0800.